The van der Waals surface area contributed by atoms with Gasteiger partial charge in [-0.15, -0.1) is 0 Å². The van der Waals surface area contributed by atoms with Crippen molar-refractivity contribution in [3.63, 3.8) is 0 Å². The lowest BCUT2D eigenvalue weighted by atomic mass is 10.1. The minimum Gasteiger partial charge on any atom is -0.380 e. The fourth-order valence-corrected chi connectivity index (χ4v) is 1.84. The highest BCUT2D eigenvalue weighted by atomic mass is 19.1. The number of primary amides is 1. The van der Waals surface area contributed by atoms with Crippen LogP contribution in [-0.4, -0.2) is 5.91 Å². The van der Waals surface area contributed by atoms with Crippen LogP contribution >= 0.6 is 0 Å². The molecule has 0 aromatic heterocycles. The zero-order chi connectivity index (χ0) is 15.4. The Bertz CT molecular complexity index is 738. The monoisotopic (exact) mass is 287 g/mol. The van der Waals surface area contributed by atoms with E-state index in [-0.39, 0.29) is 28.9 Å². The molecule has 0 aliphatic heterocycles. The van der Waals surface area contributed by atoms with E-state index in [1.807, 2.05) is 0 Å². The Morgan fingerprint density at radius 3 is 2.67 bits per heavy atom. The third-order valence-corrected chi connectivity index (χ3v) is 2.92. The second kappa shape index (κ2) is 6.01. The number of amides is 1. The summed E-state index contributed by atoms with van der Waals surface area (Å²) < 4.78 is 27.1. The summed E-state index contributed by atoms with van der Waals surface area (Å²) in [4.78, 5) is 11.1. The van der Waals surface area contributed by atoms with Crippen LogP contribution in [0.25, 0.3) is 0 Å². The third kappa shape index (κ3) is 3.15. The van der Waals surface area contributed by atoms with Crippen LogP contribution < -0.4 is 11.1 Å². The molecule has 0 atom stereocenters. The first-order chi connectivity index (χ1) is 10.0. The normalized spacial score (nSPS) is 9.95. The van der Waals surface area contributed by atoms with E-state index in [0.717, 1.165) is 12.1 Å². The van der Waals surface area contributed by atoms with Gasteiger partial charge >= 0.3 is 0 Å². The van der Waals surface area contributed by atoms with Crippen molar-refractivity contribution >= 4 is 11.6 Å². The first-order valence-corrected chi connectivity index (χ1v) is 6.03. The number of hydrogen-bond donors (Lipinski definition) is 2. The van der Waals surface area contributed by atoms with Gasteiger partial charge in [-0.2, -0.15) is 5.26 Å². The lowest BCUT2D eigenvalue weighted by Gasteiger charge is -2.10. The molecular formula is C15H11F2N3O. The number of halogens is 2. The number of benzene rings is 2. The van der Waals surface area contributed by atoms with Gasteiger partial charge in [-0.25, -0.2) is 8.78 Å². The second-order valence-corrected chi connectivity index (χ2v) is 4.30. The molecule has 0 aliphatic rings. The van der Waals surface area contributed by atoms with Crippen LogP contribution in [-0.2, 0) is 6.54 Å². The molecular weight excluding hydrogens is 276 g/mol. The predicted octanol–water partition coefficient (Wildman–Crippen LogP) is 2.55. The summed E-state index contributed by atoms with van der Waals surface area (Å²) in [7, 11) is 0. The van der Waals surface area contributed by atoms with E-state index in [1.165, 1.54) is 24.3 Å². The molecule has 0 unspecified atom stereocenters. The number of anilines is 1. The van der Waals surface area contributed by atoms with E-state index < -0.39 is 17.5 Å². The predicted molar refractivity (Wildman–Crippen MR) is 73.4 cm³/mol. The van der Waals surface area contributed by atoms with Gasteiger partial charge in [-0.1, -0.05) is 6.07 Å². The maximum Gasteiger partial charge on any atom is 0.248 e. The molecule has 2 aromatic carbocycles. The van der Waals surface area contributed by atoms with Crippen molar-refractivity contribution in [1.82, 2.24) is 0 Å². The van der Waals surface area contributed by atoms with Gasteiger partial charge in [-0.05, 0) is 30.3 Å². The summed E-state index contributed by atoms with van der Waals surface area (Å²) in [5, 5.41) is 11.7. The molecule has 2 rings (SSSR count). The van der Waals surface area contributed by atoms with Gasteiger partial charge in [0, 0.05) is 17.7 Å². The first-order valence-electron chi connectivity index (χ1n) is 6.03. The number of hydrogen-bond acceptors (Lipinski definition) is 3. The Hall–Kier alpha value is -2.94. The molecule has 0 bridgehead atoms. The van der Waals surface area contributed by atoms with E-state index in [1.54, 1.807) is 6.07 Å². The lowest BCUT2D eigenvalue weighted by molar-refractivity contribution is 0.1000. The highest BCUT2D eigenvalue weighted by Crippen LogP contribution is 2.19. The van der Waals surface area contributed by atoms with Crippen molar-refractivity contribution in [3.05, 3.63) is 64.7 Å². The average Bonchev–Trinajstić information content (AvgIpc) is 2.46. The summed E-state index contributed by atoms with van der Waals surface area (Å²) >= 11 is 0. The van der Waals surface area contributed by atoms with E-state index in [2.05, 4.69) is 5.32 Å². The standard InChI is InChI=1S/C15H11F2N3O/c16-12-5-4-9(15(19)21)6-10(12)8-20-14-3-1-2-13(17)11(14)7-18/h1-6,20H,8H2,(H2,19,21). The van der Waals surface area contributed by atoms with Crippen molar-refractivity contribution in [3.8, 4) is 6.07 Å². The highest BCUT2D eigenvalue weighted by molar-refractivity contribution is 5.92. The smallest absolute Gasteiger partial charge is 0.248 e. The number of rotatable bonds is 4. The Balaban J connectivity index is 2.25. The number of nitrogens with zero attached hydrogens (tertiary/aromatic N) is 1. The summed E-state index contributed by atoms with van der Waals surface area (Å²) in [6.07, 6.45) is 0. The summed E-state index contributed by atoms with van der Waals surface area (Å²) in [5.74, 6) is -1.85. The molecule has 3 N–H and O–H groups in total. The van der Waals surface area contributed by atoms with E-state index in [9.17, 15) is 13.6 Å². The minimum absolute atomic E-state index is 0.00884. The summed E-state index contributed by atoms with van der Waals surface area (Å²) in [6, 6.07) is 9.58. The Morgan fingerprint density at radius 1 is 1.24 bits per heavy atom. The molecule has 0 saturated carbocycles. The van der Waals surface area contributed by atoms with Gasteiger partial charge in [0.2, 0.25) is 5.91 Å². The van der Waals surface area contributed by atoms with Gasteiger partial charge in [0.15, 0.2) is 0 Å². The minimum atomic E-state index is -0.667. The molecule has 1 amide bonds. The first kappa shape index (κ1) is 14.5. The maximum atomic E-state index is 13.7. The van der Waals surface area contributed by atoms with Crippen molar-refractivity contribution < 1.29 is 13.6 Å². The Morgan fingerprint density at radius 2 is 2.00 bits per heavy atom. The highest BCUT2D eigenvalue weighted by Gasteiger charge is 2.10. The fraction of sp³-hybridized carbons (Fsp3) is 0.0667. The van der Waals surface area contributed by atoms with Crippen molar-refractivity contribution in [2.45, 2.75) is 6.54 Å². The summed E-state index contributed by atoms with van der Waals surface area (Å²) in [5.41, 5.74) is 5.60. The largest absolute Gasteiger partial charge is 0.380 e. The fourth-order valence-electron chi connectivity index (χ4n) is 1.84. The third-order valence-electron chi connectivity index (χ3n) is 2.92. The SMILES string of the molecule is N#Cc1c(F)cccc1NCc1cc(C(N)=O)ccc1F. The van der Waals surface area contributed by atoms with Crippen LogP contribution in [0.5, 0.6) is 0 Å². The topological polar surface area (TPSA) is 78.9 Å². The second-order valence-electron chi connectivity index (χ2n) is 4.30. The number of nitrogens with one attached hydrogen (secondary N) is 1. The molecule has 0 fully saturated rings. The van der Waals surface area contributed by atoms with Crippen LogP contribution in [0.2, 0.25) is 0 Å². The van der Waals surface area contributed by atoms with Crippen LogP contribution in [0.1, 0.15) is 21.5 Å². The zero-order valence-corrected chi connectivity index (χ0v) is 10.9. The van der Waals surface area contributed by atoms with Gasteiger partial charge in [0.25, 0.3) is 0 Å². The van der Waals surface area contributed by atoms with Gasteiger partial charge in [-0.3, -0.25) is 4.79 Å². The van der Waals surface area contributed by atoms with Crippen LogP contribution in [0.4, 0.5) is 14.5 Å². The number of nitrogens with two attached hydrogens (primary N) is 1. The molecule has 0 spiro atoms. The van der Waals surface area contributed by atoms with Crippen molar-refractivity contribution in [2.24, 2.45) is 5.73 Å². The van der Waals surface area contributed by atoms with Crippen molar-refractivity contribution in [1.29, 1.82) is 5.26 Å². The zero-order valence-electron chi connectivity index (χ0n) is 10.9. The number of carbonyl (C=O) groups is 1. The number of carbonyl (C=O) groups excluding carboxylic acids is 1. The molecule has 6 heteroatoms. The van der Waals surface area contributed by atoms with E-state index in [0.29, 0.717) is 0 Å². The Labute approximate surface area is 119 Å². The van der Waals surface area contributed by atoms with E-state index >= 15 is 0 Å². The average molecular weight is 287 g/mol. The van der Waals surface area contributed by atoms with Gasteiger partial charge in [0.1, 0.15) is 23.3 Å². The molecule has 21 heavy (non-hydrogen) atoms. The summed E-state index contributed by atoms with van der Waals surface area (Å²) in [6.45, 7) is -0.00884. The van der Waals surface area contributed by atoms with Crippen LogP contribution in [0.3, 0.4) is 0 Å². The maximum absolute atomic E-state index is 13.7. The lowest BCUT2D eigenvalue weighted by Crippen LogP contribution is -2.12. The quantitative estimate of drug-likeness (QED) is 0.907. The van der Waals surface area contributed by atoms with E-state index in [4.69, 9.17) is 11.0 Å². The van der Waals surface area contributed by atoms with Crippen LogP contribution in [0, 0.1) is 23.0 Å². The molecule has 2 aromatic rings. The van der Waals surface area contributed by atoms with Crippen LogP contribution in [0.15, 0.2) is 36.4 Å². The van der Waals surface area contributed by atoms with Gasteiger partial charge < -0.3 is 11.1 Å². The molecule has 0 radical (unpaired) electrons. The molecule has 0 saturated heterocycles. The Kier molecular flexibility index (Phi) is 4.14. The molecule has 0 aliphatic carbocycles. The molecule has 4 nitrogen and oxygen atoms in total. The van der Waals surface area contributed by atoms with Crippen molar-refractivity contribution in [2.75, 3.05) is 5.32 Å². The molecule has 106 valence electrons. The number of nitriles is 1. The molecule has 0 heterocycles. The van der Waals surface area contributed by atoms with Gasteiger partial charge in [0.05, 0.1) is 5.69 Å².